The molecule has 0 amide bonds. The zero-order valence-corrected chi connectivity index (χ0v) is 19.6. The maximum atomic E-state index is 4.40. The molecule has 154 valence electrons. The minimum absolute atomic E-state index is 0. The predicted molar refractivity (Wildman–Crippen MR) is 126 cm³/mol. The molecule has 1 saturated heterocycles. The van der Waals surface area contributed by atoms with Gasteiger partial charge in [0.25, 0.3) is 0 Å². The number of imidazole rings is 1. The van der Waals surface area contributed by atoms with Crippen LogP contribution in [-0.2, 0) is 13.1 Å². The molecule has 0 saturated carbocycles. The molecule has 2 unspecified atom stereocenters. The fraction of sp³-hybridized carbons (Fsp3) is 0.524. The molecule has 0 bridgehead atoms. The molecule has 6 nitrogen and oxygen atoms in total. The van der Waals surface area contributed by atoms with Crippen molar-refractivity contribution in [1.29, 1.82) is 0 Å². The van der Waals surface area contributed by atoms with Gasteiger partial charge in [0.05, 0.1) is 6.33 Å². The lowest BCUT2D eigenvalue weighted by Crippen LogP contribution is -2.46. The highest BCUT2D eigenvalue weighted by Crippen LogP contribution is 2.18. The molecule has 2 heterocycles. The van der Waals surface area contributed by atoms with Gasteiger partial charge in [0.15, 0.2) is 5.96 Å². The molecule has 0 spiro atoms. The highest BCUT2D eigenvalue weighted by Gasteiger charge is 2.31. The number of hydrogen-bond acceptors (Lipinski definition) is 3. The van der Waals surface area contributed by atoms with Crippen molar-refractivity contribution >= 4 is 29.9 Å². The lowest BCUT2D eigenvalue weighted by atomic mass is 10.1. The van der Waals surface area contributed by atoms with Gasteiger partial charge in [0, 0.05) is 57.7 Å². The minimum atomic E-state index is 0. The number of likely N-dealkylation sites (tertiary alicyclic amines) is 1. The van der Waals surface area contributed by atoms with Gasteiger partial charge in [-0.1, -0.05) is 31.2 Å². The molecular formula is C21H33IN6. The standard InChI is InChI=1S/C21H32N6.HI/c1-16(2)27-12-17(3)20(14-27)25-21(22-4)24-11-18-5-7-19(8-6-18)13-26-10-9-23-15-26;/h5-10,15-17,20H,11-14H2,1-4H3,(H2,22,24,25);1H. The first kappa shape index (κ1) is 22.7. The van der Waals surface area contributed by atoms with Crippen molar-refractivity contribution in [3.05, 3.63) is 54.1 Å². The lowest BCUT2D eigenvalue weighted by Gasteiger charge is -2.22. The van der Waals surface area contributed by atoms with Gasteiger partial charge in [0.2, 0.25) is 0 Å². The number of halogens is 1. The van der Waals surface area contributed by atoms with E-state index in [9.17, 15) is 0 Å². The second-order valence-corrected chi connectivity index (χ2v) is 7.75. The van der Waals surface area contributed by atoms with Gasteiger partial charge in [-0.05, 0) is 30.9 Å². The molecular weight excluding hydrogens is 463 g/mol. The molecule has 1 aromatic heterocycles. The van der Waals surface area contributed by atoms with E-state index in [1.165, 1.54) is 11.1 Å². The zero-order chi connectivity index (χ0) is 19.2. The lowest BCUT2D eigenvalue weighted by molar-refractivity contribution is 0.265. The van der Waals surface area contributed by atoms with Crippen LogP contribution in [0.25, 0.3) is 0 Å². The third kappa shape index (κ3) is 6.20. The predicted octanol–water partition coefficient (Wildman–Crippen LogP) is 2.94. The normalized spacial score (nSPS) is 20.2. The van der Waals surface area contributed by atoms with E-state index >= 15 is 0 Å². The van der Waals surface area contributed by atoms with Crippen LogP contribution in [-0.4, -0.2) is 52.6 Å². The number of rotatable bonds is 6. The first-order chi connectivity index (χ1) is 13.0. The molecule has 1 aromatic carbocycles. The number of aliphatic imine (C=N–C) groups is 1. The Bertz CT molecular complexity index is 726. The summed E-state index contributed by atoms with van der Waals surface area (Å²) in [5, 5.41) is 7.05. The van der Waals surface area contributed by atoms with E-state index in [0.29, 0.717) is 18.0 Å². The fourth-order valence-corrected chi connectivity index (χ4v) is 3.52. The smallest absolute Gasteiger partial charge is 0.191 e. The van der Waals surface area contributed by atoms with Crippen LogP contribution >= 0.6 is 24.0 Å². The molecule has 2 aromatic rings. The summed E-state index contributed by atoms with van der Waals surface area (Å²) in [5.74, 6) is 1.49. The SMILES string of the molecule is CN=C(NCc1ccc(Cn2ccnc2)cc1)NC1CN(C(C)C)CC1C.I. The first-order valence-electron chi connectivity index (χ1n) is 9.80. The van der Waals surface area contributed by atoms with Gasteiger partial charge >= 0.3 is 0 Å². The number of guanidine groups is 1. The fourth-order valence-electron chi connectivity index (χ4n) is 3.52. The van der Waals surface area contributed by atoms with E-state index in [0.717, 1.165) is 32.1 Å². The summed E-state index contributed by atoms with van der Waals surface area (Å²) in [6.07, 6.45) is 5.63. The summed E-state index contributed by atoms with van der Waals surface area (Å²) >= 11 is 0. The van der Waals surface area contributed by atoms with Crippen LogP contribution in [0.1, 0.15) is 31.9 Å². The van der Waals surface area contributed by atoms with Crippen molar-refractivity contribution in [2.24, 2.45) is 10.9 Å². The Balaban J connectivity index is 0.00000280. The largest absolute Gasteiger partial charge is 0.352 e. The molecule has 1 fully saturated rings. The quantitative estimate of drug-likeness (QED) is 0.367. The average Bonchev–Trinajstić information content (AvgIpc) is 3.30. The highest BCUT2D eigenvalue weighted by atomic mass is 127. The summed E-state index contributed by atoms with van der Waals surface area (Å²) in [6, 6.07) is 9.72. The second-order valence-electron chi connectivity index (χ2n) is 7.75. The van der Waals surface area contributed by atoms with Crippen molar-refractivity contribution in [3.8, 4) is 0 Å². The van der Waals surface area contributed by atoms with Gasteiger partial charge in [-0.3, -0.25) is 9.89 Å². The van der Waals surface area contributed by atoms with Crippen molar-refractivity contribution < 1.29 is 0 Å². The van der Waals surface area contributed by atoms with Gasteiger partial charge in [-0.25, -0.2) is 4.98 Å². The molecule has 1 aliphatic heterocycles. The summed E-state index contributed by atoms with van der Waals surface area (Å²) in [6.45, 7) is 10.7. The average molecular weight is 496 g/mol. The third-order valence-corrected chi connectivity index (χ3v) is 5.32. The molecule has 1 aliphatic rings. The zero-order valence-electron chi connectivity index (χ0n) is 17.3. The number of hydrogen-bond donors (Lipinski definition) is 2. The molecule has 7 heteroatoms. The Morgan fingerprint density at radius 3 is 2.50 bits per heavy atom. The van der Waals surface area contributed by atoms with Crippen LogP contribution in [0.2, 0.25) is 0 Å². The van der Waals surface area contributed by atoms with E-state index in [-0.39, 0.29) is 24.0 Å². The van der Waals surface area contributed by atoms with Crippen LogP contribution < -0.4 is 10.6 Å². The van der Waals surface area contributed by atoms with E-state index in [2.05, 4.69) is 75.1 Å². The number of benzene rings is 1. The molecule has 3 rings (SSSR count). The van der Waals surface area contributed by atoms with Gasteiger partial charge in [-0.2, -0.15) is 0 Å². The summed E-state index contributed by atoms with van der Waals surface area (Å²) < 4.78 is 2.07. The summed E-state index contributed by atoms with van der Waals surface area (Å²) in [5.41, 5.74) is 2.52. The Labute approximate surface area is 185 Å². The number of nitrogens with zero attached hydrogens (tertiary/aromatic N) is 4. The Morgan fingerprint density at radius 2 is 1.93 bits per heavy atom. The van der Waals surface area contributed by atoms with Crippen LogP contribution in [0.5, 0.6) is 0 Å². The monoisotopic (exact) mass is 496 g/mol. The maximum absolute atomic E-state index is 4.40. The molecule has 2 N–H and O–H groups in total. The Morgan fingerprint density at radius 1 is 1.21 bits per heavy atom. The molecule has 0 radical (unpaired) electrons. The Hall–Kier alpha value is -1.61. The van der Waals surface area contributed by atoms with E-state index in [1.807, 2.05) is 25.8 Å². The van der Waals surface area contributed by atoms with Crippen molar-refractivity contribution in [3.63, 3.8) is 0 Å². The van der Waals surface area contributed by atoms with Gasteiger partial charge in [-0.15, -0.1) is 24.0 Å². The first-order valence-corrected chi connectivity index (χ1v) is 9.80. The van der Waals surface area contributed by atoms with E-state index < -0.39 is 0 Å². The van der Waals surface area contributed by atoms with Crippen molar-refractivity contribution in [2.75, 3.05) is 20.1 Å². The van der Waals surface area contributed by atoms with Crippen LogP contribution in [0, 0.1) is 5.92 Å². The Kier molecular flexibility index (Phi) is 8.75. The number of nitrogens with one attached hydrogen (secondary N) is 2. The maximum Gasteiger partial charge on any atom is 0.191 e. The summed E-state index contributed by atoms with van der Waals surface area (Å²) in [7, 11) is 1.84. The van der Waals surface area contributed by atoms with Gasteiger partial charge < -0.3 is 15.2 Å². The van der Waals surface area contributed by atoms with Crippen LogP contribution in [0.15, 0.2) is 48.0 Å². The minimum Gasteiger partial charge on any atom is -0.352 e. The molecule has 28 heavy (non-hydrogen) atoms. The molecule has 2 atom stereocenters. The van der Waals surface area contributed by atoms with E-state index in [1.54, 1.807) is 0 Å². The van der Waals surface area contributed by atoms with Crippen molar-refractivity contribution in [2.45, 2.75) is 45.9 Å². The van der Waals surface area contributed by atoms with Crippen LogP contribution in [0.3, 0.4) is 0 Å². The highest BCUT2D eigenvalue weighted by molar-refractivity contribution is 14.0. The van der Waals surface area contributed by atoms with Crippen molar-refractivity contribution in [1.82, 2.24) is 25.1 Å². The van der Waals surface area contributed by atoms with E-state index in [4.69, 9.17) is 0 Å². The molecule has 0 aliphatic carbocycles. The second kappa shape index (κ2) is 10.8. The van der Waals surface area contributed by atoms with Gasteiger partial charge in [0.1, 0.15) is 0 Å². The van der Waals surface area contributed by atoms with Crippen LogP contribution in [0.4, 0.5) is 0 Å². The number of aromatic nitrogens is 2. The summed E-state index contributed by atoms with van der Waals surface area (Å²) in [4.78, 5) is 11.0. The third-order valence-electron chi connectivity index (χ3n) is 5.32. The topological polar surface area (TPSA) is 57.5 Å².